The molecule has 3 heterocycles. The number of aryl methyl sites for hydroxylation is 1. The van der Waals surface area contributed by atoms with Crippen LogP contribution in [0.4, 0.5) is 0 Å². The van der Waals surface area contributed by atoms with E-state index in [1.807, 2.05) is 37.5 Å². The number of hydrogen-bond acceptors (Lipinski definition) is 3. The number of hydrogen-bond donors (Lipinski definition) is 0. The zero-order valence-corrected chi connectivity index (χ0v) is 14.0. The van der Waals surface area contributed by atoms with E-state index in [9.17, 15) is 0 Å². The minimum atomic E-state index is 0.0464. The molecule has 0 aromatic carbocycles. The minimum Gasteiger partial charge on any atom is -0.264 e. The van der Waals surface area contributed by atoms with E-state index in [0.29, 0.717) is 0 Å². The van der Waals surface area contributed by atoms with Crippen molar-refractivity contribution in [3.63, 3.8) is 0 Å². The maximum atomic E-state index is 4.87. The highest BCUT2D eigenvalue weighted by Gasteiger charge is 2.18. The summed E-state index contributed by atoms with van der Waals surface area (Å²) < 4.78 is 0. The molecule has 0 amide bonds. The SMILES string of the molecule is Cc1ncccc1-c1cc(C(C)(C)C)cc(-c2cccnc2)n1. The van der Waals surface area contributed by atoms with Gasteiger partial charge in [0, 0.05) is 35.4 Å². The summed E-state index contributed by atoms with van der Waals surface area (Å²) in [6.45, 7) is 8.67. The third-order valence-corrected chi connectivity index (χ3v) is 3.93. The molecule has 23 heavy (non-hydrogen) atoms. The van der Waals surface area contributed by atoms with Crippen LogP contribution in [0.3, 0.4) is 0 Å². The van der Waals surface area contributed by atoms with Gasteiger partial charge >= 0.3 is 0 Å². The fourth-order valence-electron chi connectivity index (χ4n) is 2.52. The molecule has 0 saturated carbocycles. The molecule has 116 valence electrons. The van der Waals surface area contributed by atoms with E-state index in [1.165, 1.54) is 5.56 Å². The van der Waals surface area contributed by atoms with Gasteiger partial charge in [-0.25, -0.2) is 4.98 Å². The van der Waals surface area contributed by atoms with Crippen LogP contribution in [0.25, 0.3) is 22.5 Å². The second-order valence-electron chi connectivity index (χ2n) is 6.75. The Balaban J connectivity index is 2.23. The maximum absolute atomic E-state index is 4.87. The van der Waals surface area contributed by atoms with Crippen LogP contribution in [0, 0.1) is 6.92 Å². The Labute approximate surface area is 137 Å². The second-order valence-corrected chi connectivity index (χ2v) is 6.75. The average Bonchev–Trinajstić information content (AvgIpc) is 2.55. The van der Waals surface area contributed by atoms with Crippen molar-refractivity contribution in [1.82, 2.24) is 15.0 Å². The van der Waals surface area contributed by atoms with Gasteiger partial charge in [0.1, 0.15) is 0 Å². The second kappa shape index (κ2) is 5.92. The van der Waals surface area contributed by atoms with E-state index in [4.69, 9.17) is 4.98 Å². The molecule has 0 saturated heterocycles. The Bertz CT molecular complexity index is 818. The van der Waals surface area contributed by atoms with E-state index in [0.717, 1.165) is 28.2 Å². The number of rotatable bonds is 2. The van der Waals surface area contributed by atoms with Crippen LogP contribution in [0.5, 0.6) is 0 Å². The van der Waals surface area contributed by atoms with Crippen molar-refractivity contribution in [2.24, 2.45) is 0 Å². The van der Waals surface area contributed by atoms with Crippen molar-refractivity contribution in [3.8, 4) is 22.5 Å². The van der Waals surface area contributed by atoms with Crippen LogP contribution in [0.2, 0.25) is 0 Å². The predicted octanol–water partition coefficient (Wildman–Crippen LogP) is 4.81. The maximum Gasteiger partial charge on any atom is 0.0730 e. The summed E-state index contributed by atoms with van der Waals surface area (Å²) in [5, 5.41) is 0. The van der Waals surface area contributed by atoms with Gasteiger partial charge < -0.3 is 0 Å². The molecular weight excluding hydrogens is 282 g/mol. The first-order valence-electron chi connectivity index (χ1n) is 7.80. The molecule has 0 bridgehead atoms. The van der Waals surface area contributed by atoms with Gasteiger partial charge in [-0.2, -0.15) is 0 Å². The number of pyridine rings is 3. The van der Waals surface area contributed by atoms with Crippen LogP contribution in [0.1, 0.15) is 32.0 Å². The topological polar surface area (TPSA) is 38.7 Å². The first-order valence-corrected chi connectivity index (χ1v) is 7.80. The normalized spacial score (nSPS) is 11.5. The molecule has 0 atom stereocenters. The van der Waals surface area contributed by atoms with E-state index in [1.54, 1.807) is 6.20 Å². The van der Waals surface area contributed by atoms with Gasteiger partial charge in [0.15, 0.2) is 0 Å². The quantitative estimate of drug-likeness (QED) is 0.682. The van der Waals surface area contributed by atoms with Gasteiger partial charge in [-0.05, 0) is 54.3 Å². The van der Waals surface area contributed by atoms with Gasteiger partial charge in [0.25, 0.3) is 0 Å². The van der Waals surface area contributed by atoms with Gasteiger partial charge in [0.05, 0.1) is 11.4 Å². The summed E-state index contributed by atoms with van der Waals surface area (Å²) in [6.07, 6.45) is 5.45. The Morgan fingerprint density at radius 2 is 1.65 bits per heavy atom. The number of nitrogens with zero attached hydrogens (tertiary/aromatic N) is 3. The molecule has 0 unspecified atom stereocenters. The van der Waals surface area contributed by atoms with Crippen molar-refractivity contribution in [1.29, 1.82) is 0 Å². The lowest BCUT2D eigenvalue weighted by atomic mass is 9.85. The molecule has 3 aromatic rings. The van der Waals surface area contributed by atoms with Crippen molar-refractivity contribution in [2.75, 3.05) is 0 Å². The molecule has 0 aliphatic rings. The summed E-state index contributed by atoms with van der Waals surface area (Å²) in [5.74, 6) is 0. The predicted molar refractivity (Wildman–Crippen MR) is 94.1 cm³/mol. The van der Waals surface area contributed by atoms with Crippen LogP contribution in [0.15, 0.2) is 55.0 Å². The highest BCUT2D eigenvalue weighted by atomic mass is 14.7. The van der Waals surface area contributed by atoms with Gasteiger partial charge in [-0.1, -0.05) is 20.8 Å². The van der Waals surface area contributed by atoms with E-state index in [-0.39, 0.29) is 5.41 Å². The van der Waals surface area contributed by atoms with Crippen molar-refractivity contribution >= 4 is 0 Å². The monoisotopic (exact) mass is 303 g/mol. The third-order valence-electron chi connectivity index (χ3n) is 3.93. The fourth-order valence-corrected chi connectivity index (χ4v) is 2.52. The van der Waals surface area contributed by atoms with Crippen LogP contribution >= 0.6 is 0 Å². The lowest BCUT2D eigenvalue weighted by Gasteiger charge is -2.21. The molecule has 0 aliphatic heterocycles. The fraction of sp³-hybridized carbons (Fsp3) is 0.250. The molecule has 0 aliphatic carbocycles. The summed E-state index contributed by atoms with van der Waals surface area (Å²) in [4.78, 5) is 13.5. The zero-order valence-electron chi connectivity index (χ0n) is 14.0. The standard InChI is InChI=1S/C20H21N3/c1-14-17(8-6-10-22-14)19-12-16(20(2,3)4)11-18(23-19)15-7-5-9-21-13-15/h5-13H,1-4H3. The molecule has 0 spiro atoms. The Hall–Kier alpha value is -2.55. The van der Waals surface area contributed by atoms with Crippen molar-refractivity contribution in [2.45, 2.75) is 33.1 Å². The summed E-state index contributed by atoms with van der Waals surface area (Å²) in [6, 6.07) is 12.3. The smallest absolute Gasteiger partial charge is 0.0730 e. The molecule has 0 fully saturated rings. The van der Waals surface area contributed by atoms with E-state index < -0.39 is 0 Å². The Morgan fingerprint density at radius 3 is 2.30 bits per heavy atom. The molecule has 0 N–H and O–H groups in total. The highest BCUT2D eigenvalue weighted by molar-refractivity contribution is 5.68. The first-order chi connectivity index (χ1) is 10.9. The first kappa shape index (κ1) is 15.3. The molecule has 3 nitrogen and oxygen atoms in total. The summed E-state index contributed by atoms with van der Waals surface area (Å²) in [5.41, 5.74) is 6.30. The summed E-state index contributed by atoms with van der Waals surface area (Å²) >= 11 is 0. The van der Waals surface area contributed by atoms with E-state index >= 15 is 0 Å². The molecule has 3 aromatic heterocycles. The Morgan fingerprint density at radius 1 is 0.913 bits per heavy atom. The van der Waals surface area contributed by atoms with Crippen LogP contribution in [-0.4, -0.2) is 15.0 Å². The van der Waals surface area contributed by atoms with Gasteiger partial charge in [0.2, 0.25) is 0 Å². The van der Waals surface area contributed by atoms with Crippen LogP contribution < -0.4 is 0 Å². The molecule has 3 heteroatoms. The molecule has 0 radical (unpaired) electrons. The molecular formula is C20H21N3. The van der Waals surface area contributed by atoms with Gasteiger partial charge in [-0.3, -0.25) is 9.97 Å². The van der Waals surface area contributed by atoms with E-state index in [2.05, 4.69) is 48.9 Å². The Kier molecular flexibility index (Phi) is 3.95. The summed E-state index contributed by atoms with van der Waals surface area (Å²) in [7, 11) is 0. The molecule has 3 rings (SSSR count). The highest BCUT2D eigenvalue weighted by Crippen LogP contribution is 2.31. The lowest BCUT2D eigenvalue weighted by molar-refractivity contribution is 0.590. The minimum absolute atomic E-state index is 0.0464. The number of aromatic nitrogens is 3. The average molecular weight is 303 g/mol. The zero-order chi connectivity index (χ0) is 16.4. The van der Waals surface area contributed by atoms with Crippen molar-refractivity contribution in [3.05, 3.63) is 66.2 Å². The van der Waals surface area contributed by atoms with Crippen molar-refractivity contribution < 1.29 is 0 Å². The largest absolute Gasteiger partial charge is 0.264 e. The van der Waals surface area contributed by atoms with Gasteiger partial charge in [-0.15, -0.1) is 0 Å². The lowest BCUT2D eigenvalue weighted by Crippen LogP contribution is -2.12. The third kappa shape index (κ3) is 3.29. The van der Waals surface area contributed by atoms with Crippen LogP contribution in [-0.2, 0) is 5.41 Å².